The fraction of sp³-hybridized carbons (Fsp3) is 0.0714. The molecular weight excluding hydrogens is 322 g/mol. The molecule has 3 rings (SSSR count). The van der Waals surface area contributed by atoms with Gasteiger partial charge in [0.1, 0.15) is 5.69 Å². The number of nitrogen functional groups attached to an aromatic ring is 1. The molecule has 0 fully saturated rings. The summed E-state index contributed by atoms with van der Waals surface area (Å²) >= 11 is 5.13. The van der Waals surface area contributed by atoms with Gasteiger partial charge >= 0.3 is 0 Å². The number of thiophene rings is 1. The molecule has 0 aliphatic heterocycles. The molecule has 0 saturated carbocycles. The molecule has 3 nitrogen and oxygen atoms in total. The maximum atomic E-state index is 6.09. The van der Waals surface area contributed by atoms with E-state index in [1.165, 1.54) is 5.56 Å². The van der Waals surface area contributed by atoms with Crippen molar-refractivity contribution in [1.29, 1.82) is 0 Å². The number of nitrogens with two attached hydrogens (primary N) is 1. The first-order valence-corrected chi connectivity index (χ1v) is 7.48. The van der Waals surface area contributed by atoms with Crippen LogP contribution in [0.5, 0.6) is 0 Å². The Morgan fingerprint density at radius 2 is 2.16 bits per heavy atom. The Labute approximate surface area is 123 Å². The second-order valence-electron chi connectivity index (χ2n) is 4.29. The molecular formula is C14H12BrN3S. The Bertz CT molecular complexity index is 730. The first kappa shape index (κ1) is 12.4. The van der Waals surface area contributed by atoms with Crippen molar-refractivity contribution in [2.24, 2.45) is 0 Å². The number of benzene rings is 1. The standard InChI is InChI=1S/C14H12BrN3S/c1-9-5-6-19-14(9)13-12(16)8-18(17-13)11-4-2-3-10(15)7-11/h2-8H,16H2,1H3. The van der Waals surface area contributed by atoms with E-state index in [1.807, 2.05) is 35.1 Å². The zero-order valence-electron chi connectivity index (χ0n) is 10.3. The monoisotopic (exact) mass is 333 g/mol. The Morgan fingerprint density at radius 3 is 2.84 bits per heavy atom. The average Bonchev–Trinajstić information content (AvgIpc) is 2.95. The normalized spacial score (nSPS) is 10.8. The van der Waals surface area contributed by atoms with Crippen LogP contribution in [0, 0.1) is 6.92 Å². The molecule has 3 aromatic rings. The molecule has 0 aliphatic rings. The summed E-state index contributed by atoms with van der Waals surface area (Å²) in [5.41, 5.74) is 9.83. The van der Waals surface area contributed by atoms with Gasteiger partial charge in [-0.25, -0.2) is 4.68 Å². The molecule has 0 aliphatic carbocycles. The van der Waals surface area contributed by atoms with Crippen molar-refractivity contribution < 1.29 is 0 Å². The maximum absolute atomic E-state index is 6.09. The maximum Gasteiger partial charge on any atom is 0.126 e. The van der Waals surface area contributed by atoms with E-state index >= 15 is 0 Å². The van der Waals surface area contributed by atoms with E-state index in [0.29, 0.717) is 5.69 Å². The van der Waals surface area contributed by atoms with Crippen LogP contribution in [0.1, 0.15) is 5.56 Å². The predicted octanol–water partition coefficient (Wildman–Crippen LogP) is 4.25. The van der Waals surface area contributed by atoms with E-state index in [-0.39, 0.29) is 0 Å². The molecule has 19 heavy (non-hydrogen) atoms. The van der Waals surface area contributed by atoms with Gasteiger partial charge in [-0.2, -0.15) is 5.10 Å². The van der Waals surface area contributed by atoms with Gasteiger partial charge in [-0.05, 0) is 42.1 Å². The molecule has 96 valence electrons. The second kappa shape index (κ2) is 4.83. The van der Waals surface area contributed by atoms with Crippen molar-refractivity contribution in [2.75, 3.05) is 5.73 Å². The highest BCUT2D eigenvalue weighted by Gasteiger charge is 2.13. The molecule has 5 heteroatoms. The Balaban J connectivity index is 2.10. The minimum absolute atomic E-state index is 0.700. The minimum Gasteiger partial charge on any atom is -0.396 e. The molecule has 0 saturated heterocycles. The Hall–Kier alpha value is -1.59. The second-order valence-corrected chi connectivity index (χ2v) is 6.12. The lowest BCUT2D eigenvalue weighted by molar-refractivity contribution is 0.884. The summed E-state index contributed by atoms with van der Waals surface area (Å²) in [7, 11) is 0. The highest BCUT2D eigenvalue weighted by Crippen LogP contribution is 2.32. The topological polar surface area (TPSA) is 43.8 Å². The molecule has 0 bridgehead atoms. The molecule has 2 heterocycles. The lowest BCUT2D eigenvalue weighted by Crippen LogP contribution is -1.94. The number of rotatable bonds is 2. The zero-order valence-corrected chi connectivity index (χ0v) is 12.7. The largest absolute Gasteiger partial charge is 0.396 e. The molecule has 2 aromatic heterocycles. The third-order valence-corrected chi connectivity index (χ3v) is 4.41. The van der Waals surface area contributed by atoms with Crippen LogP contribution >= 0.6 is 27.3 Å². The molecule has 0 radical (unpaired) electrons. The fourth-order valence-corrected chi connectivity index (χ4v) is 3.25. The van der Waals surface area contributed by atoms with Crippen LogP contribution in [0.2, 0.25) is 0 Å². The van der Waals surface area contributed by atoms with E-state index in [1.54, 1.807) is 11.3 Å². The summed E-state index contributed by atoms with van der Waals surface area (Å²) < 4.78 is 2.84. The van der Waals surface area contributed by atoms with Crippen molar-refractivity contribution in [3.63, 3.8) is 0 Å². The van der Waals surface area contributed by atoms with Gasteiger partial charge in [0.15, 0.2) is 0 Å². The molecule has 2 N–H and O–H groups in total. The average molecular weight is 334 g/mol. The van der Waals surface area contributed by atoms with Crippen LogP contribution in [0.3, 0.4) is 0 Å². The summed E-state index contributed by atoms with van der Waals surface area (Å²) in [6.07, 6.45) is 1.86. The summed E-state index contributed by atoms with van der Waals surface area (Å²) in [5, 5.41) is 6.66. The smallest absolute Gasteiger partial charge is 0.126 e. The van der Waals surface area contributed by atoms with E-state index < -0.39 is 0 Å². The van der Waals surface area contributed by atoms with Crippen molar-refractivity contribution in [2.45, 2.75) is 6.92 Å². The van der Waals surface area contributed by atoms with E-state index in [2.05, 4.69) is 39.4 Å². The third kappa shape index (κ3) is 2.31. The highest BCUT2D eigenvalue weighted by molar-refractivity contribution is 9.10. The highest BCUT2D eigenvalue weighted by atomic mass is 79.9. The van der Waals surface area contributed by atoms with Gasteiger partial charge in [-0.15, -0.1) is 11.3 Å². The van der Waals surface area contributed by atoms with Crippen LogP contribution in [0.15, 0.2) is 46.4 Å². The molecule has 0 atom stereocenters. The number of nitrogens with zero attached hydrogens (tertiary/aromatic N) is 2. The van der Waals surface area contributed by atoms with E-state index in [4.69, 9.17) is 5.73 Å². The number of anilines is 1. The van der Waals surface area contributed by atoms with Gasteiger partial charge in [-0.1, -0.05) is 22.0 Å². The van der Waals surface area contributed by atoms with Crippen LogP contribution in [0.4, 0.5) is 5.69 Å². The summed E-state index contributed by atoms with van der Waals surface area (Å²) in [5.74, 6) is 0. The lowest BCUT2D eigenvalue weighted by atomic mass is 10.2. The number of hydrogen-bond donors (Lipinski definition) is 1. The fourth-order valence-electron chi connectivity index (χ4n) is 1.93. The number of halogens is 1. The summed E-state index contributed by atoms with van der Waals surface area (Å²) in [4.78, 5) is 1.13. The van der Waals surface area contributed by atoms with Crippen molar-refractivity contribution in [3.8, 4) is 16.3 Å². The predicted molar refractivity (Wildman–Crippen MR) is 83.7 cm³/mol. The van der Waals surface area contributed by atoms with Gasteiger partial charge in [-0.3, -0.25) is 0 Å². The number of hydrogen-bond acceptors (Lipinski definition) is 3. The Kier molecular flexibility index (Phi) is 3.16. The quantitative estimate of drug-likeness (QED) is 0.761. The van der Waals surface area contributed by atoms with Crippen LogP contribution in [0.25, 0.3) is 16.3 Å². The van der Waals surface area contributed by atoms with Gasteiger partial charge in [0.25, 0.3) is 0 Å². The van der Waals surface area contributed by atoms with Crippen molar-refractivity contribution >= 4 is 33.0 Å². The SMILES string of the molecule is Cc1ccsc1-c1nn(-c2cccc(Br)c2)cc1N. The first-order chi connectivity index (χ1) is 9.15. The molecule has 0 unspecified atom stereocenters. The lowest BCUT2D eigenvalue weighted by Gasteiger charge is -2.01. The Morgan fingerprint density at radius 1 is 1.32 bits per heavy atom. The van der Waals surface area contributed by atoms with Crippen molar-refractivity contribution in [1.82, 2.24) is 9.78 Å². The molecule has 0 amide bonds. The van der Waals surface area contributed by atoms with Gasteiger partial charge in [0, 0.05) is 4.47 Å². The third-order valence-electron chi connectivity index (χ3n) is 2.89. The van der Waals surface area contributed by atoms with E-state index in [0.717, 1.165) is 20.7 Å². The van der Waals surface area contributed by atoms with Crippen LogP contribution in [-0.4, -0.2) is 9.78 Å². The van der Waals surface area contributed by atoms with Crippen LogP contribution in [-0.2, 0) is 0 Å². The summed E-state index contributed by atoms with van der Waals surface area (Å²) in [6, 6.07) is 10.1. The van der Waals surface area contributed by atoms with E-state index in [9.17, 15) is 0 Å². The van der Waals surface area contributed by atoms with Crippen molar-refractivity contribution in [3.05, 3.63) is 51.9 Å². The minimum atomic E-state index is 0.700. The molecule has 0 spiro atoms. The zero-order chi connectivity index (χ0) is 13.4. The van der Waals surface area contributed by atoms with Gasteiger partial charge < -0.3 is 5.73 Å². The van der Waals surface area contributed by atoms with Gasteiger partial charge in [0.05, 0.1) is 22.4 Å². The van der Waals surface area contributed by atoms with Crippen LogP contribution < -0.4 is 5.73 Å². The molecule has 1 aromatic carbocycles. The number of aryl methyl sites for hydroxylation is 1. The van der Waals surface area contributed by atoms with Gasteiger partial charge in [0.2, 0.25) is 0 Å². The first-order valence-electron chi connectivity index (χ1n) is 5.80. The number of aromatic nitrogens is 2. The summed E-state index contributed by atoms with van der Waals surface area (Å²) in [6.45, 7) is 2.07.